The van der Waals surface area contributed by atoms with Gasteiger partial charge in [-0.05, 0) is 12.8 Å². The molecule has 124 valence electrons. The maximum Gasteiger partial charge on any atom is 0.258 e. The Kier molecular flexibility index (Phi) is 3.19. The summed E-state index contributed by atoms with van der Waals surface area (Å²) in [4.78, 5) is 23.9. The Bertz CT molecular complexity index is 1000. The molecule has 4 rings (SSSR count). The number of aromatic nitrogens is 5. The van der Waals surface area contributed by atoms with Gasteiger partial charge < -0.3 is 4.90 Å². The molecule has 3 aromatic heterocycles. The molecule has 0 unspecified atom stereocenters. The van der Waals surface area contributed by atoms with Gasteiger partial charge in [-0.1, -0.05) is 13.8 Å². The molecule has 0 amide bonds. The van der Waals surface area contributed by atoms with Crippen molar-refractivity contribution in [1.29, 1.82) is 0 Å². The summed E-state index contributed by atoms with van der Waals surface area (Å²) in [5, 5.41) is 4.39. The van der Waals surface area contributed by atoms with E-state index in [1.807, 2.05) is 17.5 Å². The highest BCUT2D eigenvalue weighted by atomic mass is 16.1. The lowest BCUT2D eigenvalue weighted by atomic mass is 10.1. The van der Waals surface area contributed by atoms with Crippen molar-refractivity contribution in [1.82, 2.24) is 24.1 Å². The third-order valence-electron chi connectivity index (χ3n) is 4.66. The zero-order valence-corrected chi connectivity index (χ0v) is 14.3. The first-order valence-corrected chi connectivity index (χ1v) is 8.10. The highest BCUT2D eigenvalue weighted by Gasteiger charge is 2.27. The van der Waals surface area contributed by atoms with E-state index in [1.165, 1.54) is 0 Å². The van der Waals surface area contributed by atoms with Crippen molar-refractivity contribution in [3.8, 4) is 0 Å². The van der Waals surface area contributed by atoms with E-state index >= 15 is 0 Å². The zero-order valence-electron chi connectivity index (χ0n) is 14.3. The Morgan fingerprint density at radius 1 is 1.21 bits per heavy atom. The quantitative estimate of drug-likeness (QED) is 0.719. The lowest BCUT2D eigenvalue weighted by Crippen LogP contribution is -2.25. The van der Waals surface area contributed by atoms with E-state index in [-0.39, 0.29) is 5.56 Å². The highest BCUT2D eigenvalue weighted by molar-refractivity contribution is 5.53. The van der Waals surface area contributed by atoms with Crippen molar-refractivity contribution in [2.75, 3.05) is 4.90 Å². The molecule has 7 heteroatoms. The SMILES string of the molecule is Cc1nc2c(c(=O)n1C)CN(c1cc(C(C)C)nc3ccnn13)C2. The predicted octanol–water partition coefficient (Wildman–Crippen LogP) is 1.78. The van der Waals surface area contributed by atoms with Crippen LogP contribution in [0.15, 0.2) is 23.1 Å². The van der Waals surface area contributed by atoms with E-state index < -0.39 is 0 Å². The second kappa shape index (κ2) is 5.15. The summed E-state index contributed by atoms with van der Waals surface area (Å²) < 4.78 is 3.44. The molecule has 1 aliphatic rings. The Balaban J connectivity index is 1.84. The van der Waals surface area contributed by atoms with E-state index in [9.17, 15) is 4.79 Å². The molecule has 0 saturated carbocycles. The fraction of sp³-hybridized carbons (Fsp3) is 0.412. The molecule has 7 nitrogen and oxygen atoms in total. The summed E-state index contributed by atoms with van der Waals surface area (Å²) >= 11 is 0. The molecule has 3 aromatic rings. The Morgan fingerprint density at radius 2 is 2.00 bits per heavy atom. The molecule has 0 bridgehead atoms. The van der Waals surface area contributed by atoms with Gasteiger partial charge in [0, 0.05) is 24.9 Å². The molecule has 0 N–H and O–H groups in total. The predicted molar refractivity (Wildman–Crippen MR) is 91.2 cm³/mol. The Labute approximate surface area is 139 Å². The Morgan fingerprint density at radius 3 is 2.75 bits per heavy atom. The molecule has 0 aliphatic carbocycles. The fourth-order valence-corrected chi connectivity index (χ4v) is 3.13. The van der Waals surface area contributed by atoms with Crippen LogP contribution in [0.5, 0.6) is 0 Å². The second-order valence-electron chi connectivity index (χ2n) is 6.60. The smallest absolute Gasteiger partial charge is 0.258 e. The molecule has 0 radical (unpaired) electrons. The number of aryl methyl sites for hydroxylation is 1. The maximum absolute atomic E-state index is 12.5. The summed E-state index contributed by atoms with van der Waals surface area (Å²) in [6.07, 6.45) is 1.75. The number of anilines is 1. The number of hydrogen-bond donors (Lipinski definition) is 0. The van der Waals surface area contributed by atoms with Crippen LogP contribution in [0.4, 0.5) is 5.82 Å². The van der Waals surface area contributed by atoms with Crippen LogP contribution in [-0.2, 0) is 20.1 Å². The highest BCUT2D eigenvalue weighted by Crippen LogP contribution is 2.28. The van der Waals surface area contributed by atoms with Crippen LogP contribution < -0.4 is 10.5 Å². The van der Waals surface area contributed by atoms with Crippen LogP contribution >= 0.6 is 0 Å². The molecule has 0 aromatic carbocycles. The normalized spacial score (nSPS) is 14.0. The molecule has 1 aliphatic heterocycles. The average molecular weight is 324 g/mol. The van der Waals surface area contributed by atoms with Crippen molar-refractivity contribution in [3.05, 3.63) is 51.5 Å². The van der Waals surface area contributed by atoms with Crippen LogP contribution in [0.3, 0.4) is 0 Å². The zero-order chi connectivity index (χ0) is 17.0. The minimum atomic E-state index is 0.0369. The molecule has 0 saturated heterocycles. The molecule has 0 atom stereocenters. The van der Waals surface area contributed by atoms with E-state index in [2.05, 4.69) is 39.9 Å². The summed E-state index contributed by atoms with van der Waals surface area (Å²) in [5.41, 5.74) is 3.51. The van der Waals surface area contributed by atoms with Crippen LogP contribution in [0, 0.1) is 6.92 Å². The van der Waals surface area contributed by atoms with Crippen molar-refractivity contribution in [2.45, 2.75) is 39.8 Å². The summed E-state index contributed by atoms with van der Waals surface area (Å²) in [6, 6.07) is 3.97. The van der Waals surface area contributed by atoms with Crippen molar-refractivity contribution >= 4 is 11.5 Å². The van der Waals surface area contributed by atoms with Gasteiger partial charge in [0.1, 0.15) is 11.6 Å². The molecule has 0 spiro atoms. The Hall–Kier alpha value is -2.70. The van der Waals surface area contributed by atoms with Gasteiger partial charge in [-0.3, -0.25) is 9.36 Å². The minimum absolute atomic E-state index is 0.0369. The van der Waals surface area contributed by atoms with E-state index in [0.29, 0.717) is 19.0 Å². The number of hydrogen-bond acceptors (Lipinski definition) is 5. The van der Waals surface area contributed by atoms with Gasteiger partial charge in [0.25, 0.3) is 5.56 Å². The van der Waals surface area contributed by atoms with Gasteiger partial charge >= 0.3 is 0 Å². The maximum atomic E-state index is 12.5. The van der Waals surface area contributed by atoms with Crippen LogP contribution in [0.2, 0.25) is 0 Å². The third kappa shape index (κ3) is 2.11. The van der Waals surface area contributed by atoms with Gasteiger partial charge in [-0.2, -0.15) is 9.61 Å². The standard InChI is InChI=1S/C17H20N6O/c1-10(2)13-7-16(23-15(20-13)5-6-18-23)22-8-12-14(9-22)19-11(3)21(4)17(12)24/h5-7,10H,8-9H2,1-4H3. The second-order valence-corrected chi connectivity index (χ2v) is 6.60. The van der Waals surface area contributed by atoms with E-state index in [4.69, 9.17) is 0 Å². The first kappa shape index (κ1) is 14.9. The van der Waals surface area contributed by atoms with Gasteiger partial charge in [0.2, 0.25) is 0 Å². The molecule has 4 heterocycles. The molecule has 24 heavy (non-hydrogen) atoms. The van der Waals surface area contributed by atoms with E-state index in [0.717, 1.165) is 34.2 Å². The van der Waals surface area contributed by atoms with Gasteiger partial charge in [0.15, 0.2) is 5.65 Å². The first-order valence-electron chi connectivity index (χ1n) is 8.10. The van der Waals surface area contributed by atoms with E-state index in [1.54, 1.807) is 17.8 Å². The van der Waals surface area contributed by atoms with Crippen LogP contribution in [-0.4, -0.2) is 24.1 Å². The summed E-state index contributed by atoms with van der Waals surface area (Å²) in [5.74, 6) is 2.01. The molecular formula is C17H20N6O. The summed E-state index contributed by atoms with van der Waals surface area (Å²) in [6.45, 7) is 7.27. The molecular weight excluding hydrogens is 304 g/mol. The van der Waals surface area contributed by atoms with Crippen molar-refractivity contribution in [2.24, 2.45) is 7.05 Å². The van der Waals surface area contributed by atoms with Crippen LogP contribution in [0.25, 0.3) is 5.65 Å². The van der Waals surface area contributed by atoms with Crippen molar-refractivity contribution in [3.63, 3.8) is 0 Å². The van der Waals surface area contributed by atoms with Crippen molar-refractivity contribution < 1.29 is 0 Å². The van der Waals surface area contributed by atoms with Gasteiger partial charge in [-0.25, -0.2) is 9.97 Å². The number of fused-ring (bicyclic) bond motifs is 2. The molecule has 0 fully saturated rings. The summed E-state index contributed by atoms with van der Waals surface area (Å²) in [7, 11) is 1.77. The van der Waals surface area contributed by atoms with Gasteiger partial charge in [0.05, 0.1) is 30.5 Å². The number of nitrogens with zero attached hydrogens (tertiary/aromatic N) is 6. The van der Waals surface area contributed by atoms with Crippen LogP contribution in [0.1, 0.15) is 42.5 Å². The lowest BCUT2D eigenvalue weighted by molar-refractivity contribution is 0.754. The monoisotopic (exact) mass is 324 g/mol. The minimum Gasteiger partial charge on any atom is -0.346 e. The van der Waals surface area contributed by atoms with Gasteiger partial charge in [-0.15, -0.1) is 0 Å². The number of rotatable bonds is 2. The topological polar surface area (TPSA) is 68.3 Å². The third-order valence-corrected chi connectivity index (χ3v) is 4.66. The lowest BCUT2D eigenvalue weighted by Gasteiger charge is -2.19. The largest absolute Gasteiger partial charge is 0.346 e. The fourth-order valence-electron chi connectivity index (χ4n) is 3.13. The first-order chi connectivity index (χ1) is 11.5. The average Bonchev–Trinajstić information content (AvgIpc) is 3.18.